The molecule has 7 heteroatoms. The molecule has 7 nitrogen and oxygen atoms in total. The minimum atomic E-state index is -0.115. The molecule has 1 aliphatic heterocycles. The molecule has 0 spiro atoms. The van der Waals surface area contributed by atoms with Crippen LogP contribution in [0, 0.1) is 11.3 Å². The number of nitrogens with zero attached hydrogens (tertiary/aromatic N) is 4. The van der Waals surface area contributed by atoms with E-state index < -0.39 is 0 Å². The third-order valence-electron chi connectivity index (χ3n) is 5.08. The molecule has 1 amide bonds. The van der Waals surface area contributed by atoms with E-state index in [9.17, 15) is 4.79 Å². The van der Waals surface area contributed by atoms with E-state index in [0.717, 1.165) is 44.8 Å². The predicted octanol–water partition coefficient (Wildman–Crippen LogP) is 2.99. The fourth-order valence-electron chi connectivity index (χ4n) is 3.35. The molecular weight excluding hydrogens is 366 g/mol. The second-order valence-electron chi connectivity index (χ2n) is 8.59. The Morgan fingerprint density at radius 3 is 2.52 bits per heavy atom. The van der Waals surface area contributed by atoms with Gasteiger partial charge in [-0.3, -0.25) is 19.9 Å². The first kappa shape index (κ1) is 21.0. The summed E-state index contributed by atoms with van der Waals surface area (Å²) >= 11 is 0. The van der Waals surface area contributed by atoms with Crippen LogP contribution in [0.25, 0.3) is 0 Å². The van der Waals surface area contributed by atoms with Crippen LogP contribution in [0.5, 0.6) is 0 Å². The highest BCUT2D eigenvalue weighted by Gasteiger charge is 2.21. The van der Waals surface area contributed by atoms with Crippen molar-refractivity contribution in [3.63, 3.8) is 0 Å². The first-order valence-corrected chi connectivity index (χ1v) is 10.0. The average molecular weight is 396 g/mol. The summed E-state index contributed by atoms with van der Waals surface area (Å²) in [6.07, 6.45) is 1.01. The maximum atomic E-state index is 12.4. The predicted molar refractivity (Wildman–Crippen MR) is 111 cm³/mol. The smallest absolute Gasteiger partial charge is 0.240 e. The Morgan fingerprint density at radius 2 is 1.86 bits per heavy atom. The maximum absolute atomic E-state index is 12.4. The molecule has 0 saturated carbocycles. The van der Waals surface area contributed by atoms with Crippen LogP contribution in [0.2, 0.25) is 0 Å². The van der Waals surface area contributed by atoms with Crippen molar-refractivity contribution in [1.29, 1.82) is 5.26 Å². The molecule has 0 bridgehead atoms. The van der Waals surface area contributed by atoms with Crippen LogP contribution in [0.3, 0.4) is 0 Å². The van der Waals surface area contributed by atoms with Gasteiger partial charge in [-0.2, -0.15) is 5.26 Å². The van der Waals surface area contributed by atoms with Gasteiger partial charge in [0.25, 0.3) is 0 Å². The number of carbonyl (C=O) groups is 1. The summed E-state index contributed by atoms with van der Waals surface area (Å²) in [5.41, 5.74) is 2.59. The molecule has 1 N–H and O–H groups in total. The third-order valence-corrected chi connectivity index (χ3v) is 5.08. The Kier molecular flexibility index (Phi) is 6.68. The Morgan fingerprint density at radius 1 is 1.17 bits per heavy atom. The van der Waals surface area contributed by atoms with Crippen molar-refractivity contribution >= 4 is 11.8 Å². The summed E-state index contributed by atoms with van der Waals surface area (Å²) in [7, 11) is 0. The van der Waals surface area contributed by atoms with Crippen LogP contribution in [-0.2, 0) is 16.8 Å². The Bertz CT molecular complexity index is 861. The van der Waals surface area contributed by atoms with E-state index in [2.05, 4.69) is 47.1 Å². The number of amides is 1. The van der Waals surface area contributed by atoms with Crippen LogP contribution in [0.1, 0.15) is 44.0 Å². The number of hydrogen-bond acceptors (Lipinski definition) is 6. The van der Waals surface area contributed by atoms with E-state index in [1.54, 1.807) is 6.07 Å². The van der Waals surface area contributed by atoms with Gasteiger partial charge in [-0.05, 0) is 37.2 Å². The SMILES string of the molecule is CC(C)(C)c1cc(NC(=O)CN2CCCN(Cc3ccc(C#N)cc3)CC2)on1. The molecule has 1 saturated heterocycles. The summed E-state index contributed by atoms with van der Waals surface area (Å²) in [5, 5.41) is 15.8. The average Bonchev–Trinajstić information content (AvgIpc) is 3.04. The quantitative estimate of drug-likeness (QED) is 0.838. The second-order valence-corrected chi connectivity index (χ2v) is 8.59. The fraction of sp³-hybridized carbons (Fsp3) is 0.500. The number of aromatic nitrogens is 1. The van der Waals surface area contributed by atoms with Crippen molar-refractivity contribution in [1.82, 2.24) is 15.0 Å². The molecule has 154 valence electrons. The highest BCUT2D eigenvalue weighted by molar-refractivity contribution is 5.91. The maximum Gasteiger partial charge on any atom is 0.240 e. The summed E-state index contributed by atoms with van der Waals surface area (Å²) in [6, 6.07) is 11.7. The van der Waals surface area contributed by atoms with Gasteiger partial charge in [0.15, 0.2) is 0 Å². The number of nitrogens with one attached hydrogen (secondary N) is 1. The Labute approximate surface area is 172 Å². The van der Waals surface area contributed by atoms with Gasteiger partial charge in [-0.25, -0.2) is 0 Å². The fourth-order valence-corrected chi connectivity index (χ4v) is 3.35. The lowest BCUT2D eigenvalue weighted by Gasteiger charge is -2.21. The first-order valence-electron chi connectivity index (χ1n) is 10.0. The Hall–Kier alpha value is -2.69. The summed E-state index contributed by atoms with van der Waals surface area (Å²) in [6.45, 7) is 11.0. The molecule has 0 radical (unpaired) electrons. The third kappa shape index (κ3) is 6.14. The van der Waals surface area contributed by atoms with Gasteiger partial charge in [0.1, 0.15) is 0 Å². The van der Waals surface area contributed by atoms with Crippen LogP contribution in [-0.4, -0.2) is 53.6 Å². The first-order chi connectivity index (χ1) is 13.8. The van der Waals surface area contributed by atoms with Crippen LogP contribution in [0.4, 0.5) is 5.88 Å². The van der Waals surface area contributed by atoms with Gasteiger partial charge in [0, 0.05) is 31.1 Å². The lowest BCUT2D eigenvalue weighted by Crippen LogP contribution is -2.36. The molecule has 2 aromatic rings. The van der Waals surface area contributed by atoms with Crippen molar-refractivity contribution in [2.24, 2.45) is 0 Å². The van der Waals surface area contributed by atoms with Crippen LogP contribution in [0.15, 0.2) is 34.9 Å². The minimum absolute atomic E-state index is 0.0813. The number of carbonyl (C=O) groups excluding carboxylic acids is 1. The van der Waals surface area contributed by atoms with Crippen molar-refractivity contribution in [3.05, 3.63) is 47.2 Å². The van der Waals surface area contributed by atoms with Crippen molar-refractivity contribution in [3.8, 4) is 6.07 Å². The molecule has 2 heterocycles. The largest absolute Gasteiger partial charge is 0.338 e. The lowest BCUT2D eigenvalue weighted by molar-refractivity contribution is -0.117. The highest BCUT2D eigenvalue weighted by atomic mass is 16.5. The Balaban J connectivity index is 1.47. The van der Waals surface area contributed by atoms with Gasteiger partial charge in [-0.1, -0.05) is 38.1 Å². The number of rotatable bonds is 5. The van der Waals surface area contributed by atoms with Gasteiger partial charge in [-0.15, -0.1) is 0 Å². The summed E-state index contributed by atoms with van der Waals surface area (Å²) in [5.74, 6) is 0.319. The molecule has 1 aromatic heterocycles. The van der Waals surface area contributed by atoms with Crippen molar-refractivity contribution < 1.29 is 9.32 Å². The topological polar surface area (TPSA) is 85.4 Å². The van der Waals surface area contributed by atoms with Gasteiger partial charge in [0.2, 0.25) is 11.8 Å². The van der Waals surface area contributed by atoms with Crippen molar-refractivity contribution in [2.45, 2.75) is 39.2 Å². The summed E-state index contributed by atoms with van der Waals surface area (Å²) in [4.78, 5) is 17.0. The molecular formula is C22H29N5O2. The normalized spacial score (nSPS) is 16.2. The number of benzene rings is 1. The van der Waals surface area contributed by atoms with Gasteiger partial charge >= 0.3 is 0 Å². The van der Waals surface area contributed by atoms with E-state index in [1.807, 2.05) is 24.3 Å². The zero-order valence-corrected chi connectivity index (χ0v) is 17.4. The lowest BCUT2D eigenvalue weighted by atomic mass is 9.92. The van der Waals surface area contributed by atoms with E-state index in [4.69, 9.17) is 9.78 Å². The number of hydrogen-bond donors (Lipinski definition) is 1. The standard InChI is InChI=1S/C22H29N5O2/c1-22(2,3)19-13-21(29-25-19)24-20(28)16-27-10-4-9-26(11-12-27)15-18-7-5-17(14-23)6-8-18/h5-8,13H,4,9-12,15-16H2,1-3H3,(H,24,28). The van der Waals surface area contributed by atoms with Crippen LogP contribution < -0.4 is 5.32 Å². The zero-order chi connectivity index (χ0) is 20.9. The van der Waals surface area contributed by atoms with Gasteiger partial charge in [0.05, 0.1) is 23.9 Å². The molecule has 1 aromatic carbocycles. The molecule has 0 atom stereocenters. The molecule has 29 heavy (non-hydrogen) atoms. The minimum Gasteiger partial charge on any atom is -0.338 e. The molecule has 0 aliphatic carbocycles. The van der Waals surface area contributed by atoms with E-state index >= 15 is 0 Å². The zero-order valence-electron chi connectivity index (χ0n) is 17.4. The van der Waals surface area contributed by atoms with E-state index in [1.165, 1.54) is 5.56 Å². The number of nitriles is 1. The van der Waals surface area contributed by atoms with Crippen molar-refractivity contribution in [2.75, 3.05) is 38.0 Å². The molecule has 1 fully saturated rings. The van der Waals surface area contributed by atoms with Crippen LogP contribution >= 0.6 is 0 Å². The number of anilines is 1. The molecule has 3 rings (SSSR count). The molecule has 1 aliphatic rings. The van der Waals surface area contributed by atoms with E-state index in [-0.39, 0.29) is 11.3 Å². The molecule has 0 unspecified atom stereocenters. The second kappa shape index (κ2) is 9.21. The van der Waals surface area contributed by atoms with Gasteiger partial charge < -0.3 is 4.52 Å². The highest BCUT2D eigenvalue weighted by Crippen LogP contribution is 2.23. The summed E-state index contributed by atoms with van der Waals surface area (Å²) < 4.78 is 5.25. The monoisotopic (exact) mass is 395 g/mol. The van der Waals surface area contributed by atoms with E-state index in [0.29, 0.717) is 18.0 Å².